The molecule has 0 radical (unpaired) electrons. The van der Waals surface area contributed by atoms with E-state index >= 15 is 0 Å². The predicted octanol–water partition coefficient (Wildman–Crippen LogP) is 1.63. The summed E-state index contributed by atoms with van der Waals surface area (Å²) in [5.74, 6) is -0.328. The molecule has 6 nitrogen and oxygen atoms in total. The van der Waals surface area contributed by atoms with Gasteiger partial charge in [-0.25, -0.2) is 4.79 Å². The molecule has 1 aromatic heterocycles. The number of aromatic nitrogens is 2. The summed E-state index contributed by atoms with van der Waals surface area (Å²) in [6, 6.07) is 6.76. The van der Waals surface area contributed by atoms with Crippen molar-refractivity contribution < 1.29 is 9.84 Å². The third-order valence-electron chi connectivity index (χ3n) is 3.53. The first-order valence-electron chi connectivity index (χ1n) is 6.50. The van der Waals surface area contributed by atoms with Crippen LogP contribution in [0.1, 0.15) is 12.5 Å². The fourth-order valence-electron chi connectivity index (χ4n) is 2.51. The van der Waals surface area contributed by atoms with Crippen LogP contribution in [0.5, 0.6) is 5.88 Å². The van der Waals surface area contributed by atoms with Crippen LogP contribution in [0.15, 0.2) is 38.3 Å². The maximum Gasteiger partial charge on any atom is 0.331 e. The number of benzene rings is 1. The largest absolute Gasteiger partial charge is 0.494 e. The van der Waals surface area contributed by atoms with E-state index in [1.54, 1.807) is 24.3 Å². The molecule has 1 atom stereocenters. The molecule has 7 heteroatoms. The summed E-state index contributed by atoms with van der Waals surface area (Å²) in [7, 11) is 0. The van der Waals surface area contributed by atoms with Gasteiger partial charge in [-0.2, -0.15) is 0 Å². The van der Waals surface area contributed by atoms with Crippen molar-refractivity contribution in [2.24, 2.45) is 0 Å². The Bertz CT molecular complexity index is 790. The van der Waals surface area contributed by atoms with Gasteiger partial charge < -0.3 is 9.84 Å². The minimum Gasteiger partial charge on any atom is -0.494 e. The first kappa shape index (κ1) is 14.1. The molecular weight excluding hydrogens is 340 g/mol. The van der Waals surface area contributed by atoms with Gasteiger partial charge in [0.2, 0.25) is 5.88 Å². The van der Waals surface area contributed by atoms with Crippen LogP contribution in [0.25, 0.3) is 11.1 Å². The van der Waals surface area contributed by atoms with Crippen molar-refractivity contribution in [3.8, 4) is 17.0 Å². The van der Waals surface area contributed by atoms with Gasteiger partial charge in [0.15, 0.2) is 0 Å². The lowest BCUT2D eigenvalue weighted by Gasteiger charge is -2.16. The molecular formula is C14H13BrN2O4. The number of aromatic hydroxyl groups is 1. The standard InChI is InChI=1S/C14H13BrN2O4/c15-10-4-2-1-3-9(10)11-12(18)16-14(20)17(13(11)19)8-5-6-21-7-8/h1-4,8,19H,5-7H2,(H,16,18,20). The second-order valence-corrected chi connectivity index (χ2v) is 5.68. The molecule has 3 rings (SSSR count). The summed E-state index contributed by atoms with van der Waals surface area (Å²) < 4.78 is 7.11. The van der Waals surface area contributed by atoms with Crippen LogP contribution in [0.2, 0.25) is 0 Å². The van der Waals surface area contributed by atoms with Crippen molar-refractivity contribution in [1.29, 1.82) is 0 Å². The molecule has 1 unspecified atom stereocenters. The van der Waals surface area contributed by atoms with E-state index in [1.807, 2.05) is 0 Å². The highest BCUT2D eigenvalue weighted by Crippen LogP contribution is 2.32. The summed E-state index contributed by atoms with van der Waals surface area (Å²) >= 11 is 3.35. The van der Waals surface area contributed by atoms with Gasteiger partial charge in [0.25, 0.3) is 5.56 Å². The quantitative estimate of drug-likeness (QED) is 0.860. The van der Waals surface area contributed by atoms with E-state index in [4.69, 9.17) is 4.74 Å². The smallest absolute Gasteiger partial charge is 0.331 e. The number of rotatable bonds is 2. The second kappa shape index (κ2) is 5.50. The molecule has 0 spiro atoms. The van der Waals surface area contributed by atoms with Crippen LogP contribution in [-0.2, 0) is 4.74 Å². The Labute approximate surface area is 128 Å². The van der Waals surface area contributed by atoms with Crippen LogP contribution in [-0.4, -0.2) is 27.9 Å². The molecule has 110 valence electrons. The number of hydrogen-bond donors (Lipinski definition) is 2. The van der Waals surface area contributed by atoms with Crippen LogP contribution in [0, 0.1) is 0 Å². The van der Waals surface area contributed by atoms with Crippen LogP contribution in [0.4, 0.5) is 0 Å². The summed E-state index contributed by atoms with van der Waals surface area (Å²) in [6.07, 6.45) is 0.620. The molecule has 1 aromatic carbocycles. The van der Waals surface area contributed by atoms with Gasteiger partial charge in [0.1, 0.15) is 5.56 Å². The van der Waals surface area contributed by atoms with E-state index in [2.05, 4.69) is 20.9 Å². The zero-order valence-electron chi connectivity index (χ0n) is 11.0. The van der Waals surface area contributed by atoms with E-state index in [9.17, 15) is 14.7 Å². The average molecular weight is 353 g/mol. The third kappa shape index (κ3) is 2.43. The maximum atomic E-state index is 12.1. The molecule has 2 aromatic rings. The van der Waals surface area contributed by atoms with Crippen molar-refractivity contribution >= 4 is 15.9 Å². The summed E-state index contributed by atoms with van der Waals surface area (Å²) in [4.78, 5) is 26.4. The van der Waals surface area contributed by atoms with E-state index in [-0.39, 0.29) is 17.5 Å². The van der Waals surface area contributed by atoms with E-state index in [0.717, 1.165) is 0 Å². The fraction of sp³-hybridized carbons (Fsp3) is 0.286. The Kier molecular flexibility index (Phi) is 3.69. The lowest BCUT2D eigenvalue weighted by Crippen LogP contribution is -2.33. The lowest BCUT2D eigenvalue weighted by atomic mass is 10.1. The van der Waals surface area contributed by atoms with Gasteiger partial charge >= 0.3 is 5.69 Å². The van der Waals surface area contributed by atoms with Crippen LogP contribution >= 0.6 is 15.9 Å². The van der Waals surface area contributed by atoms with E-state index in [1.165, 1.54) is 4.57 Å². The molecule has 0 amide bonds. The molecule has 21 heavy (non-hydrogen) atoms. The van der Waals surface area contributed by atoms with Gasteiger partial charge in [0, 0.05) is 16.6 Å². The molecule has 1 aliphatic rings. The van der Waals surface area contributed by atoms with Gasteiger partial charge in [-0.3, -0.25) is 14.3 Å². The molecule has 2 heterocycles. The minimum atomic E-state index is -0.621. The molecule has 0 saturated carbocycles. The van der Waals surface area contributed by atoms with E-state index in [0.29, 0.717) is 29.7 Å². The lowest BCUT2D eigenvalue weighted by molar-refractivity contribution is 0.183. The Morgan fingerprint density at radius 3 is 2.76 bits per heavy atom. The predicted molar refractivity (Wildman–Crippen MR) is 80.6 cm³/mol. The third-order valence-corrected chi connectivity index (χ3v) is 4.22. The number of H-pyrrole nitrogens is 1. The zero-order valence-corrected chi connectivity index (χ0v) is 12.6. The Balaban J connectivity index is 2.27. The molecule has 1 aliphatic heterocycles. The fourth-order valence-corrected chi connectivity index (χ4v) is 2.99. The first-order chi connectivity index (χ1) is 10.1. The Morgan fingerprint density at radius 2 is 2.10 bits per heavy atom. The zero-order chi connectivity index (χ0) is 15.0. The second-order valence-electron chi connectivity index (χ2n) is 4.83. The number of hydrogen-bond acceptors (Lipinski definition) is 4. The van der Waals surface area contributed by atoms with Gasteiger partial charge in [-0.1, -0.05) is 34.1 Å². The molecule has 1 saturated heterocycles. The van der Waals surface area contributed by atoms with Crippen molar-refractivity contribution in [2.75, 3.05) is 13.2 Å². The van der Waals surface area contributed by atoms with E-state index < -0.39 is 11.2 Å². The SMILES string of the molecule is O=c1[nH]c(=O)n(C2CCOC2)c(O)c1-c1ccccc1Br. The highest BCUT2D eigenvalue weighted by Gasteiger charge is 2.25. The van der Waals surface area contributed by atoms with Gasteiger partial charge in [-0.15, -0.1) is 0 Å². The minimum absolute atomic E-state index is 0.0778. The van der Waals surface area contributed by atoms with Gasteiger partial charge in [-0.05, 0) is 12.5 Å². The van der Waals surface area contributed by atoms with Gasteiger partial charge in [0.05, 0.1) is 12.6 Å². The summed E-state index contributed by atoms with van der Waals surface area (Å²) in [5.41, 5.74) is -0.624. The highest BCUT2D eigenvalue weighted by atomic mass is 79.9. The number of nitrogens with zero attached hydrogens (tertiary/aromatic N) is 1. The Morgan fingerprint density at radius 1 is 1.33 bits per heavy atom. The van der Waals surface area contributed by atoms with Crippen molar-refractivity contribution in [2.45, 2.75) is 12.5 Å². The monoisotopic (exact) mass is 352 g/mol. The number of halogens is 1. The topological polar surface area (TPSA) is 84.3 Å². The molecule has 2 N–H and O–H groups in total. The summed E-state index contributed by atoms with van der Waals surface area (Å²) in [6.45, 7) is 0.870. The molecule has 1 fully saturated rings. The number of nitrogens with one attached hydrogen (secondary N) is 1. The molecule has 0 bridgehead atoms. The van der Waals surface area contributed by atoms with Crippen LogP contribution in [0.3, 0.4) is 0 Å². The average Bonchev–Trinajstić information content (AvgIpc) is 2.94. The number of ether oxygens (including phenoxy) is 1. The normalized spacial score (nSPS) is 18.0. The number of aromatic amines is 1. The van der Waals surface area contributed by atoms with Crippen molar-refractivity contribution in [3.05, 3.63) is 49.6 Å². The summed E-state index contributed by atoms with van der Waals surface area (Å²) in [5, 5.41) is 10.5. The van der Waals surface area contributed by atoms with Crippen LogP contribution < -0.4 is 11.2 Å². The Hall–Kier alpha value is -1.86. The van der Waals surface area contributed by atoms with Crippen molar-refractivity contribution in [3.63, 3.8) is 0 Å². The molecule has 0 aliphatic carbocycles. The first-order valence-corrected chi connectivity index (χ1v) is 7.29. The maximum absolute atomic E-state index is 12.1. The highest BCUT2D eigenvalue weighted by molar-refractivity contribution is 9.10. The van der Waals surface area contributed by atoms with Crippen molar-refractivity contribution in [1.82, 2.24) is 9.55 Å².